The first-order chi connectivity index (χ1) is 4.84. The highest BCUT2D eigenvalue weighted by molar-refractivity contribution is 5.18. The zero-order valence-electron chi connectivity index (χ0n) is 5.29. The van der Waals surface area contributed by atoms with E-state index in [1.807, 2.05) is 0 Å². The molecule has 0 aliphatic rings. The Balaban J connectivity index is 2.88. The topological polar surface area (TPSA) is 4.36 Å². The summed E-state index contributed by atoms with van der Waals surface area (Å²) in [4.78, 5) is 2.74. The van der Waals surface area contributed by atoms with Gasteiger partial charge in [-0.3, -0.25) is 4.85 Å². The second kappa shape index (κ2) is 2.98. The van der Waals surface area contributed by atoms with Crippen molar-refractivity contribution in [3.05, 3.63) is 47.3 Å². The minimum absolute atomic E-state index is 0.428. The van der Waals surface area contributed by atoms with Crippen molar-refractivity contribution in [1.29, 1.82) is 0 Å². The van der Waals surface area contributed by atoms with Crippen LogP contribution in [0.15, 0.2) is 30.3 Å². The molecule has 50 valence electrons. The number of rotatable bonds is 1. The number of alkyl halides is 1. The Bertz CT molecular complexity index is 237. The second-order valence-corrected chi connectivity index (χ2v) is 1.88. The first-order valence-corrected chi connectivity index (χ1v) is 2.90. The molecule has 1 unspecified atom stereocenters. The van der Waals surface area contributed by atoms with E-state index in [0.29, 0.717) is 5.56 Å². The standard InChI is InChI=1S/C8H6FN/c1-10-8(9)7-5-3-2-4-6-7/h2-6,8H. The second-order valence-electron chi connectivity index (χ2n) is 1.88. The van der Waals surface area contributed by atoms with Crippen LogP contribution in [0.2, 0.25) is 0 Å². The highest BCUT2D eigenvalue weighted by Gasteiger charge is 2.09. The first kappa shape index (κ1) is 6.76. The molecular formula is C8H6FN. The van der Waals surface area contributed by atoms with Crippen molar-refractivity contribution in [1.82, 2.24) is 0 Å². The van der Waals surface area contributed by atoms with Crippen LogP contribution in [-0.2, 0) is 0 Å². The van der Waals surface area contributed by atoms with Crippen molar-refractivity contribution in [2.24, 2.45) is 0 Å². The van der Waals surface area contributed by atoms with E-state index in [-0.39, 0.29) is 0 Å². The molecule has 0 aliphatic carbocycles. The molecule has 10 heavy (non-hydrogen) atoms. The van der Waals surface area contributed by atoms with Gasteiger partial charge in [-0.25, -0.2) is 6.57 Å². The summed E-state index contributed by atoms with van der Waals surface area (Å²) in [6, 6.07) is 8.42. The number of benzene rings is 1. The van der Waals surface area contributed by atoms with Gasteiger partial charge in [-0.1, -0.05) is 18.2 Å². The van der Waals surface area contributed by atoms with E-state index in [1.165, 1.54) is 0 Å². The molecular weight excluding hydrogens is 129 g/mol. The average molecular weight is 135 g/mol. The number of hydrogen-bond acceptors (Lipinski definition) is 0. The highest BCUT2D eigenvalue weighted by atomic mass is 19.1. The van der Waals surface area contributed by atoms with Crippen molar-refractivity contribution >= 4 is 0 Å². The maximum Gasteiger partial charge on any atom is 0.388 e. The molecule has 1 rings (SSSR count). The van der Waals surface area contributed by atoms with Crippen LogP contribution in [0.1, 0.15) is 11.9 Å². The Hall–Kier alpha value is -1.36. The molecule has 1 atom stereocenters. The number of hydrogen-bond donors (Lipinski definition) is 0. The lowest BCUT2D eigenvalue weighted by Gasteiger charge is -1.92. The highest BCUT2D eigenvalue weighted by Crippen LogP contribution is 2.16. The van der Waals surface area contributed by atoms with Crippen LogP contribution in [-0.4, -0.2) is 0 Å². The van der Waals surface area contributed by atoms with Gasteiger partial charge < -0.3 is 0 Å². The minimum atomic E-state index is -1.50. The molecule has 0 aromatic heterocycles. The average Bonchev–Trinajstić information content (AvgIpc) is 2.05. The van der Waals surface area contributed by atoms with Gasteiger partial charge in [0.25, 0.3) is 0 Å². The maximum atomic E-state index is 12.5. The molecule has 0 saturated heterocycles. The van der Waals surface area contributed by atoms with Gasteiger partial charge in [0, 0.05) is 0 Å². The van der Waals surface area contributed by atoms with E-state index >= 15 is 0 Å². The smallest absolute Gasteiger partial charge is 0.273 e. The van der Waals surface area contributed by atoms with Crippen molar-refractivity contribution < 1.29 is 4.39 Å². The molecule has 0 spiro atoms. The molecule has 0 fully saturated rings. The number of nitrogens with zero attached hydrogens (tertiary/aromatic N) is 1. The summed E-state index contributed by atoms with van der Waals surface area (Å²) in [7, 11) is 0. The monoisotopic (exact) mass is 135 g/mol. The van der Waals surface area contributed by atoms with E-state index in [1.54, 1.807) is 30.3 Å². The van der Waals surface area contributed by atoms with Crippen LogP contribution in [0.4, 0.5) is 4.39 Å². The van der Waals surface area contributed by atoms with Gasteiger partial charge in [0.15, 0.2) is 0 Å². The Kier molecular flexibility index (Phi) is 2.01. The fourth-order valence-electron chi connectivity index (χ4n) is 0.686. The molecule has 0 heterocycles. The molecule has 0 radical (unpaired) electrons. The molecule has 2 heteroatoms. The third kappa shape index (κ3) is 1.32. The van der Waals surface area contributed by atoms with E-state index in [4.69, 9.17) is 6.57 Å². The lowest BCUT2D eigenvalue weighted by atomic mass is 10.2. The fourth-order valence-corrected chi connectivity index (χ4v) is 0.686. The van der Waals surface area contributed by atoms with Gasteiger partial charge in [0.1, 0.15) is 0 Å². The predicted molar refractivity (Wildman–Crippen MR) is 36.9 cm³/mol. The van der Waals surface area contributed by atoms with Crippen LogP contribution >= 0.6 is 0 Å². The zero-order valence-corrected chi connectivity index (χ0v) is 5.29. The van der Waals surface area contributed by atoms with Gasteiger partial charge in [-0.2, -0.15) is 4.39 Å². The molecule has 0 saturated carbocycles. The van der Waals surface area contributed by atoms with Gasteiger partial charge in [-0.15, -0.1) is 0 Å². The Labute approximate surface area is 58.9 Å². The van der Waals surface area contributed by atoms with Gasteiger partial charge in [0.2, 0.25) is 0 Å². The van der Waals surface area contributed by atoms with Gasteiger partial charge >= 0.3 is 6.30 Å². The molecule has 1 aromatic rings. The summed E-state index contributed by atoms with van der Waals surface area (Å²) in [5, 5.41) is 0. The fraction of sp³-hybridized carbons (Fsp3) is 0.125. The summed E-state index contributed by atoms with van der Waals surface area (Å²) >= 11 is 0. The van der Waals surface area contributed by atoms with E-state index in [2.05, 4.69) is 4.85 Å². The Morgan fingerprint density at radius 3 is 2.40 bits per heavy atom. The van der Waals surface area contributed by atoms with Crippen molar-refractivity contribution in [2.75, 3.05) is 0 Å². The third-order valence-corrected chi connectivity index (χ3v) is 1.19. The van der Waals surface area contributed by atoms with E-state index in [9.17, 15) is 4.39 Å². The van der Waals surface area contributed by atoms with Gasteiger partial charge in [0.05, 0.1) is 5.56 Å². The lowest BCUT2D eigenvalue weighted by molar-refractivity contribution is 0.411. The van der Waals surface area contributed by atoms with Crippen molar-refractivity contribution in [3.63, 3.8) is 0 Å². The quantitative estimate of drug-likeness (QED) is 0.411. The molecule has 1 nitrogen and oxygen atoms in total. The largest absolute Gasteiger partial charge is 0.388 e. The van der Waals surface area contributed by atoms with Crippen LogP contribution < -0.4 is 0 Å². The summed E-state index contributed by atoms with van der Waals surface area (Å²) in [5.74, 6) is 0. The summed E-state index contributed by atoms with van der Waals surface area (Å²) in [5.41, 5.74) is 0.428. The van der Waals surface area contributed by atoms with Crippen LogP contribution in [0.5, 0.6) is 0 Å². The normalized spacial score (nSPS) is 12.0. The summed E-state index contributed by atoms with van der Waals surface area (Å²) in [6.07, 6.45) is -1.50. The Morgan fingerprint density at radius 2 is 1.90 bits per heavy atom. The van der Waals surface area contributed by atoms with Crippen LogP contribution in [0.25, 0.3) is 4.85 Å². The lowest BCUT2D eigenvalue weighted by Crippen LogP contribution is -1.81. The van der Waals surface area contributed by atoms with Crippen molar-refractivity contribution in [2.45, 2.75) is 6.30 Å². The molecule has 0 aliphatic heterocycles. The van der Waals surface area contributed by atoms with Crippen LogP contribution in [0, 0.1) is 6.57 Å². The maximum absolute atomic E-state index is 12.5. The SMILES string of the molecule is [C-]#[N+]C(F)c1ccccc1. The van der Waals surface area contributed by atoms with Crippen molar-refractivity contribution in [3.8, 4) is 0 Å². The number of halogens is 1. The third-order valence-electron chi connectivity index (χ3n) is 1.19. The summed E-state index contributed by atoms with van der Waals surface area (Å²) < 4.78 is 12.5. The summed E-state index contributed by atoms with van der Waals surface area (Å²) in [6.45, 7) is 6.40. The minimum Gasteiger partial charge on any atom is -0.273 e. The van der Waals surface area contributed by atoms with E-state index < -0.39 is 6.30 Å². The first-order valence-electron chi connectivity index (χ1n) is 2.90. The zero-order chi connectivity index (χ0) is 7.40. The molecule has 0 bridgehead atoms. The van der Waals surface area contributed by atoms with Gasteiger partial charge in [-0.05, 0) is 12.1 Å². The molecule has 0 amide bonds. The molecule has 0 N–H and O–H groups in total. The predicted octanol–water partition coefficient (Wildman–Crippen LogP) is 2.57. The van der Waals surface area contributed by atoms with Crippen LogP contribution in [0.3, 0.4) is 0 Å². The Morgan fingerprint density at radius 1 is 1.30 bits per heavy atom. The van der Waals surface area contributed by atoms with E-state index in [0.717, 1.165) is 0 Å². The molecule has 1 aromatic carbocycles.